The SMILES string of the molecule is Cc1ccc(CC(=O)c2ccc(C(=O)Nc3ccccc3N)cc2)cc1Cc1nccc(-c2cccnc2)n1. The first-order valence-electron chi connectivity index (χ1n) is 12.6. The number of pyridine rings is 1. The van der Waals surface area contributed by atoms with E-state index in [1.54, 1.807) is 67.1 Å². The van der Waals surface area contributed by atoms with Crippen LogP contribution in [0.4, 0.5) is 11.4 Å². The number of rotatable bonds is 8. The molecule has 3 N–H and O–H groups in total. The second-order valence-corrected chi connectivity index (χ2v) is 9.26. The summed E-state index contributed by atoms with van der Waals surface area (Å²) >= 11 is 0. The van der Waals surface area contributed by atoms with Crippen molar-refractivity contribution in [2.75, 3.05) is 11.1 Å². The Labute approximate surface area is 226 Å². The molecule has 3 aromatic carbocycles. The normalized spacial score (nSPS) is 10.7. The molecule has 7 heteroatoms. The zero-order chi connectivity index (χ0) is 27.2. The van der Waals surface area contributed by atoms with Gasteiger partial charge in [-0.05, 0) is 66.1 Å². The highest BCUT2D eigenvalue weighted by atomic mass is 16.1. The fourth-order valence-electron chi connectivity index (χ4n) is 4.26. The largest absolute Gasteiger partial charge is 0.397 e. The number of aromatic nitrogens is 3. The Morgan fingerprint density at radius 2 is 1.67 bits per heavy atom. The van der Waals surface area contributed by atoms with Crippen molar-refractivity contribution in [1.29, 1.82) is 0 Å². The van der Waals surface area contributed by atoms with Gasteiger partial charge in [0.05, 0.1) is 17.1 Å². The number of nitrogens with zero attached hydrogens (tertiary/aromatic N) is 3. The van der Waals surface area contributed by atoms with Crippen molar-refractivity contribution in [2.24, 2.45) is 0 Å². The maximum atomic E-state index is 13.0. The van der Waals surface area contributed by atoms with Crippen LogP contribution in [-0.4, -0.2) is 26.6 Å². The number of hydrogen-bond acceptors (Lipinski definition) is 6. The van der Waals surface area contributed by atoms with Gasteiger partial charge >= 0.3 is 0 Å². The Morgan fingerprint density at radius 3 is 2.44 bits per heavy atom. The molecule has 5 rings (SSSR count). The zero-order valence-corrected chi connectivity index (χ0v) is 21.5. The van der Waals surface area contributed by atoms with Crippen molar-refractivity contribution in [1.82, 2.24) is 15.0 Å². The third-order valence-electron chi connectivity index (χ3n) is 6.47. The van der Waals surface area contributed by atoms with Crippen molar-refractivity contribution in [3.8, 4) is 11.3 Å². The summed E-state index contributed by atoms with van der Waals surface area (Å²) in [6, 6.07) is 25.5. The summed E-state index contributed by atoms with van der Waals surface area (Å²) in [5.41, 5.74) is 12.8. The van der Waals surface area contributed by atoms with Crippen molar-refractivity contribution in [3.63, 3.8) is 0 Å². The third kappa shape index (κ3) is 6.22. The monoisotopic (exact) mass is 513 g/mol. The van der Waals surface area contributed by atoms with E-state index < -0.39 is 0 Å². The molecule has 1 amide bonds. The average molecular weight is 514 g/mol. The van der Waals surface area contributed by atoms with Crippen LogP contribution in [0.15, 0.2) is 104 Å². The van der Waals surface area contributed by atoms with Crippen molar-refractivity contribution < 1.29 is 9.59 Å². The van der Waals surface area contributed by atoms with Crippen LogP contribution in [0.2, 0.25) is 0 Å². The maximum Gasteiger partial charge on any atom is 0.255 e. The first kappa shape index (κ1) is 25.5. The zero-order valence-electron chi connectivity index (χ0n) is 21.5. The van der Waals surface area contributed by atoms with Gasteiger partial charge < -0.3 is 11.1 Å². The molecule has 0 radical (unpaired) electrons. The lowest BCUT2D eigenvalue weighted by molar-refractivity contribution is 0.0989. The summed E-state index contributed by atoms with van der Waals surface area (Å²) in [6.07, 6.45) is 6.07. The Kier molecular flexibility index (Phi) is 7.50. The average Bonchev–Trinajstić information content (AvgIpc) is 2.97. The van der Waals surface area contributed by atoms with Gasteiger partial charge in [0.1, 0.15) is 5.82 Å². The van der Waals surface area contributed by atoms with Gasteiger partial charge in [-0.1, -0.05) is 42.5 Å². The summed E-state index contributed by atoms with van der Waals surface area (Å²) in [7, 11) is 0. The number of nitrogen functional groups attached to an aromatic ring is 1. The summed E-state index contributed by atoms with van der Waals surface area (Å²) in [5, 5.41) is 2.80. The number of nitrogens with one attached hydrogen (secondary N) is 1. The Bertz CT molecular complexity index is 1630. The van der Waals surface area contributed by atoms with Crippen LogP contribution in [0.1, 0.15) is 43.2 Å². The number of carbonyl (C=O) groups excluding carboxylic acids is 2. The summed E-state index contributed by atoms with van der Waals surface area (Å²) in [5.74, 6) is 0.387. The summed E-state index contributed by atoms with van der Waals surface area (Å²) < 4.78 is 0. The summed E-state index contributed by atoms with van der Waals surface area (Å²) in [4.78, 5) is 39.0. The minimum Gasteiger partial charge on any atom is -0.397 e. The third-order valence-corrected chi connectivity index (χ3v) is 6.47. The van der Waals surface area contributed by atoms with E-state index in [-0.39, 0.29) is 18.1 Å². The van der Waals surface area contributed by atoms with Crippen LogP contribution >= 0.6 is 0 Å². The molecule has 0 spiro atoms. The van der Waals surface area contributed by atoms with Crippen molar-refractivity contribution in [3.05, 3.63) is 137 Å². The second-order valence-electron chi connectivity index (χ2n) is 9.26. The van der Waals surface area contributed by atoms with E-state index in [4.69, 9.17) is 10.7 Å². The van der Waals surface area contributed by atoms with E-state index in [9.17, 15) is 9.59 Å². The highest BCUT2D eigenvalue weighted by molar-refractivity contribution is 6.06. The van der Waals surface area contributed by atoms with Crippen LogP contribution in [0.5, 0.6) is 0 Å². The van der Waals surface area contributed by atoms with Gasteiger partial charge in [0.25, 0.3) is 5.91 Å². The van der Waals surface area contributed by atoms with E-state index in [1.165, 1.54) is 0 Å². The number of nitrogens with two attached hydrogens (primary N) is 1. The summed E-state index contributed by atoms with van der Waals surface area (Å²) in [6.45, 7) is 2.04. The minimum atomic E-state index is -0.287. The lowest BCUT2D eigenvalue weighted by Gasteiger charge is -2.10. The number of benzene rings is 3. The molecule has 192 valence electrons. The van der Waals surface area contributed by atoms with Gasteiger partial charge in [-0.3, -0.25) is 14.6 Å². The topological polar surface area (TPSA) is 111 Å². The number of para-hydroxylation sites is 2. The smallest absolute Gasteiger partial charge is 0.255 e. The molecule has 2 heterocycles. The predicted molar refractivity (Wildman–Crippen MR) is 153 cm³/mol. The number of Topliss-reactive ketones (excluding diaryl/α,β-unsaturated/α-hetero) is 1. The molecule has 0 saturated heterocycles. The van der Waals surface area contributed by atoms with Crippen LogP contribution < -0.4 is 11.1 Å². The lowest BCUT2D eigenvalue weighted by Crippen LogP contribution is -2.13. The standard InChI is InChI=1S/C32H27N5O2/c1-21-8-9-22(17-26(21)19-31-35-16-14-28(36-31)25-5-4-15-34-20-25)18-30(38)23-10-12-24(13-11-23)32(39)37-29-7-3-2-6-27(29)33/h2-17,20H,18-19,33H2,1H3,(H,37,39). The highest BCUT2D eigenvalue weighted by Gasteiger charge is 2.13. The minimum absolute atomic E-state index is 0.0288. The van der Waals surface area contributed by atoms with E-state index >= 15 is 0 Å². The molecule has 0 saturated carbocycles. The fourth-order valence-corrected chi connectivity index (χ4v) is 4.26. The van der Waals surface area contributed by atoms with Crippen LogP contribution in [0, 0.1) is 6.92 Å². The van der Waals surface area contributed by atoms with E-state index in [2.05, 4.69) is 15.3 Å². The maximum absolute atomic E-state index is 13.0. The molecule has 0 aliphatic heterocycles. The molecular formula is C32H27N5O2. The molecule has 0 unspecified atom stereocenters. The Balaban J connectivity index is 1.26. The Hall–Kier alpha value is -5.17. The number of hydrogen-bond donors (Lipinski definition) is 2. The fraction of sp³-hybridized carbons (Fsp3) is 0.0938. The van der Waals surface area contributed by atoms with Crippen LogP contribution in [0.25, 0.3) is 11.3 Å². The number of carbonyl (C=O) groups is 2. The van der Waals surface area contributed by atoms with Crippen LogP contribution in [-0.2, 0) is 12.8 Å². The van der Waals surface area contributed by atoms with Gasteiger partial charge in [0.15, 0.2) is 5.78 Å². The van der Waals surface area contributed by atoms with Gasteiger partial charge in [-0.25, -0.2) is 9.97 Å². The molecular weight excluding hydrogens is 486 g/mol. The first-order chi connectivity index (χ1) is 19.0. The van der Waals surface area contributed by atoms with E-state index in [0.717, 1.165) is 27.9 Å². The molecule has 0 aliphatic carbocycles. The molecule has 0 fully saturated rings. The molecule has 2 aromatic heterocycles. The second kappa shape index (κ2) is 11.5. The van der Waals surface area contributed by atoms with Gasteiger partial charge in [0.2, 0.25) is 0 Å². The van der Waals surface area contributed by atoms with Crippen molar-refractivity contribution in [2.45, 2.75) is 19.8 Å². The number of ketones is 1. The predicted octanol–water partition coefficient (Wildman–Crippen LogP) is 5.70. The van der Waals surface area contributed by atoms with Gasteiger partial charge in [-0.15, -0.1) is 0 Å². The van der Waals surface area contributed by atoms with E-state index in [1.807, 2.05) is 43.3 Å². The van der Waals surface area contributed by atoms with Crippen LogP contribution in [0.3, 0.4) is 0 Å². The molecule has 0 bridgehead atoms. The number of amides is 1. The highest BCUT2D eigenvalue weighted by Crippen LogP contribution is 2.20. The molecule has 5 aromatic rings. The van der Waals surface area contributed by atoms with Gasteiger partial charge in [0, 0.05) is 48.1 Å². The Morgan fingerprint density at radius 1 is 0.872 bits per heavy atom. The molecule has 7 nitrogen and oxygen atoms in total. The molecule has 39 heavy (non-hydrogen) atoms. The number of aryl methyl sites for hydroxylation is 1. The van der Waals surface area contributed by atoms with E-state index in [0.29, 0.717) is 34.7 Å². The quantitative estimate of drug-likeness (QED) is 0.203. The lowest BCUT2D eigenvalue weighted by atomic mass is 9.97. The van der Waals surface area contributed by atoms with Gasteiger partial charge in [-0.2, -0.15) is 0 Å². The first-order valence-corrected chi connectivity index (χ1v) is 12.6. The molecule has 0 aliphatic rings. The molecule has 0 atom stereocenters. The van der Waals surface area contributed by atoms with Crippen molar-refractivity contribution >= 4 is 23.1 Å². The number of anilines is 2.